The average Bonchev–Trinajstić information content (AvgIpc) is 3.66. The van der Waals surface area contributed by atoms with Crippen LogP contribution in [-0.4, -0.2) is 0 Å². The van der Waals surface area contributed by atoms with Crippen molar-refractivity contribution in [3.63, 3.8) is 0 Å². The zero-order valence-corrected chi connectivity index (χ0v) is 39.7. The maximum atomic E-state index is 13.9. The van der Waals surface area contributed by atoms with Crippen LogP contribution >= 0.6 is 0 Å². The van der Waals surface area contributed by atoms with Gasteiger partial charge in [-0.05, 0) is 132 Å². The molecular formula is C63H54F6N2. The Bertz CT molecular complexity index is 2810. The fraction of sp³-hybridized carbons (Fsp3) is 0.175. The van der Waals surface area contributed by atoms with E-state index in [1.807, 2.05) is 144 Å². The molecular weight excluding hydrogens is 899 g/mol. The Balaban J connectivity index is 1.17. The number of nitrogens with zero attached hydrogens (tertiary/aromatic N) is 2. The molecule has 1 aliphatic carbocycles. The maximum Gasteiger partial charge on any atom is 0.416 e. The number of alkyl halides is 6. The molecule has 0 aromatic heterocycles. The molecule has 8 heteroatoms. The summed E-state index contributed by atoms with van der Waals surface area (Å²) in [6, 6.07) is 63.7. The van der Waals surface area contributed by atoms with Crippen LogP contribution in [0.15, 0.2) is 219 Å². The van der Waals surface area contributed by atoms with Crippen molar-refractivity contribution in [1.82, 2.24) is 0 Å². The molecule has 0 atom stereocenters. The summed E-state index contributed by atoms with van der Waals surface area (Å²) in [6.07, 6.45) is 1.18. The quantitative estimate of drug-likeness (QED) is 0.0889. The predicted octanol–water partition coefficient (Wildman–Crippen LogP) is 18.4. The summed E-state index contributed by atoms with van der Waals surface area (Å²) < 4.78 is 83.5. The monoisotopic (exact) mass is 952 g/mol. The minimum atomic E-state index is -4.48. The first kappa shape index (κ1) is 48.4. The van der Waals surface area contributed by atoms with E-state index in [-0.39, 0.29) is 5.41 Å². The molecule has 0 N–H and O–H groups in total. The lowest BCUT2D eigenvalue weighted by Crippen LogP contribution is -2.28. The molecule has 2 nitrogen and oxygen atoms in total. The molecule has 0 saturated heterocycles. The van der Waals surface area contributed by atoms with Crippen molar-refractivity contribution in [2.24, 2.45) is 0 Å². The highest BCUT2D eigenvalue weighted by molar-refractivity contribution is 5.86. The Labute approximate surface area is 412 Å². The second-order valence-electron chi connectivity index (χ2n) is 18.4. The maximum absolute atomic E-state index is 13.9. The van der Waals surface area contributed by atoms with E-state index in [0.717, 1.165) is 130 Å². The van der Waals surface area contributed by atoms with Crippen molar-refractivity contribution in [1.29, 1.82) is 0 Å². The first-order valence-corrected chi connectivity index (χ1v) is 24.1. The Morgan fingerprint density at radius 3 is 0.986 bits per heavy atom. The molecule has 358 valence electrons. The molecule has 0 radical (unpaired) electrons. The van der Waals surface area contributed by atoms with E-state index in [1.165, 1.54) is 24.3 Å². The number of hydrogen-bond acceptors (Lipinski definition) is 2. The van der Waals surface area contributed by atoms with Crippen LogP contribution in [0.1, 0.15) is 94.2 Å². The molecule has 1 fully saturated rings. The van der Waals surface area contributed by atoms with Gasteiger partial charge in [-0.3, -0.25) is 0 Å². The molecule has 0 unspecified atom stereocenters. The fourth-order valence-corrected chi connectivity index (χ4v) is 10.1. The summed E-state index contributed by atoms with van der Waals surface area (Å²) in [7, 11) is 0. The average molecular weight is 953 g/mol. The van der Waals surface area contributed by atoms with Gasteiger partial charge in [0, 0.05) is 51.7 Å². The number of halogens is 6. The summed E-state index contributed by atoms with van der Waals surface area (Å²) >= 11 is 0. The minimum absolute atomic E-state index is 0.369. The number of hydrogen-bond donors (Lipinski definition) is 0. The van der Waals surface area contributed by atoms with Crippen molar-refractivity contribution in [2.75, 3.05) is 9.80 Å². The van der Waals surface area contributed by atoms with Gasteiger partial charge in [0.25, 0.3) is 0 Å². The number of benzene rings is 8. The summed E-state index contributed by atoms with van der Waals surface area (Å²) in [4.78, 5) is 3.99. The third-order valence-electron chi connectivity index (χ3n) is 13.8. The molecule has 0 spiro atoms. The van der Waals surface area contributed by atoms with Crippen LogP contribution in [0, 0.1) is 13.8 Å². The van der Waals surface area contributed by atoms with E-state index in [4.69, 9.17) is 0 Å². The van der Waals surface area contributed by atoms with Crippen molar-refractivity contribution in [2.45, 2.75) is 70.1 Å². The van der Waals surface area contributed by atoms with Crippen LogP contribution in [0.4, 0.5) is 49.1 Å². The van der Waals surface area contributed by atoms with Crippen molar-refractivity contribution in [3.05, 3.63) is 274 Å². The SMILES string of the molecule is Cc1cc(C2(c3ccc(N(C=C(c4ccccc4)c4ccccc4)c4ccc(C(F)(F)F)cc4)c(C)c3)CCCCCC2)ccc1N(C=C(c1ccccc1)c1ccccc1)c1ccc(C(F)(F)F)cc1. The van der Waals surface area contributed by atoms with Gasteiger partial charge >= 0.3 is 12.4 Å². The molecule has 0 amide bonds. The lowest BCUT2D eigenvalue weighted by atomic mass is 9.68. The summed E-state index contributed by atoms with van der Waals surface area (Å²) in [6.45, 7) is 4.14. The number of anilines is 4. The molecule has 71 heavy (non-hydrogen) atoms. The van der Waals surface area contributed by atoms with Crippen molar-refractivity contribution >= 4 is 33.9 Å². The number of aryl methyl sites for hydroxylation is 2. The van der Waals surface area contributed by atoms with Gasteiger partial charge in [-0.15, -0.1) is 0 Å². The highest BCUT2D eigenvalue weighted by Gasteiger charge is 2.36. The van der Waals surface area contributed by atoms with E-state index in [1.54, 1.807) is 0 Å². The normalized spacial score (nSPS) is 13.7. The Hall–Kier alpha value is -7.58. The minimum Gasteiger partial charge on any atom is -0.316 e. The van der Waals surface area contributed by atoms with Crippen LogP contribution in [-0.2, 0) is 17.8 Å². The standard InChI is InChI=1S/C63H54F6N2/c1-45-41-53(31-37-59(45)70(55-33-27-51(28-34-55)62(64,65)66)43-57(47-19-9-5-10-20-47)48-21-11-6-12-22-48)61(39-17-3-4-18-40-61)54-32-38-60(46(2)42-54)71(56-35-29-52(30-36-56)63(67,68)69)44-58(49-23-13-7-14-24-49)50-25-15-8-16-26-50/h5-16,19-38,41-44H,3-4,17-18,39-40H2,1-2H3. The molecule has 0 bridgehead atoms. The third kappa shape index (κ3) is 10.8. The molecule has 8 aromatic rings. The van der Waals surface area contributed by atoms with Gasteiger partial charge in [-0.2, -0.15) is 26.3 Å². The molecule has 8 aromatic carbocycles. The third-order valence-corrected chi connectivity index (χ3v) is 13.8. The lowest BCUT2D eigenvalue weighted by Gasteiger charge is -2.36. The number of rotatable bonds is 12. The second-order valence-corrected chi connectivity index (χ2v) is 18.4. The lowest BCUT2D eigenvalue weighted by molar-refractivity contribution is -0.138. The van der Waals surface area contributed by atoms with Crippen molar-refractivity contribution < 1.29 is 26.3 Å². The van der Waals surface area contributed by atoms with Gasteiger partial charge < -0.3 is 9.80 Å². The van der Waals surface area contributed by atoms with Gasteiger partial charge in [-0.25, -0.2) is 0 Å². The Morgan fingerprint density at radius 2 is 0.704 bits per heavy atom. The molecule has 9 rings (SSSR count). The predicted molar refractivity (Wildman–Crippen MR) is 278 cm³/mol. The van der Waals surface area contributed by atoms with E-state index in [9.17, 15) is 26.3 Å². The topological polar surface area (TPSA) is 6.48 Å². The highest BCUT2D eigenvalue weighted by atomic mass is 19.4. The Kier molecular flexibility index (Phi) is 14.2. The van der Waals surface area contributed by atoms with Crippen LogP contribution < -0.4 is 9.80 Å². The summed E-state index contributed by atoms with van der Waals surface area (Å²) in [5.74, 6) is 0. The van der Waals surface area contributed by atoms with Crippen LogP contribution in [0.25, 0.3) is 11.1 Å². The zero-order valence-electron chi connectivity index (χ0n) is 39.7. The van der Waals surface area contributed by atoms with Crippen LogP contribution in [0.5, 0.6) is 0 Å². The van der Waals surface area contributed by atoms with E-state index < -0.39 is 23.5 Å². The first-order chi connectivity index (χ1) is 34.3. The van der Waals surface area contributed by atoms with Gasteiger partial charge in [0.1, 0.15) is 0 Å². The van der Waals surface area contributed by atoms with Crippen LogP contribution in [0.3, 0.4) is 0 Å². The van der Waals surface area contributed by atoms with Gasteiger partial charge in [0.2, 0.25) is 0 Å². The van der Waals surface area contributed by atoms with E-state index in [0.29, 0.717) is 11.4 Å². The first-order valence-electron chi connectivity index (χ1n) is 24.1. The van der Waals surface area contributed by atoms with Crippen LogP contribution in [0.2, 0.25) is 0 Å². The molecule has 0 heterocycles. The zero-order chi connectivity index (χ0) is 49.6. The second kappa shape index (κ2) is 20.8. The smallest absolute Gasteiger partial charge is 0.316 e. The molecule has 1 saturated carbocycles. The molecule has 0 aliphatic heterocycles. The summed E-state index contributed by atoms with van der Waals surface area (Å²) in [5.41, 5.74) is 10.9. The van der Waals surface area contributed by atoms with E-state index in [2.05, 4.69) is 50.2 Å². The van der Waals surface area contributed by atoms with Gasteiger partial charge in [0.15, 0.2) is 0 Å². The largest absolute Gasteiger partial charge is 0.416 e. The van der Waals surface area contributed by atoms with Gasteiger partial charge in [0.05, 0.1) is 11.1 Å². The Morgan fingerprint density at radius 1 is 0.394 bits per heavy atom. The van der Waals surface area contributed by atoms with Crippen molar-refractivity contribution in [3.8, 4) is 0 Å². The van der Waals surface area contributed by atoms with E-state index >= 15 is 0 Å². The molecule has 1 aliphatic rings. The van der Waals surface area contributed by atoms with Gasteiger partial charge in [-0.1, -0.05) is 171 Å². The fourth-order valence-electron chi connectivity index (χ4n) is 10.1. The summed E-state index contributed by atoms with van der Waals surface area (Å²) in [5, 5.41) is 0. The highest BCUT2D eigenvalue weighted by Crippen LogP contribution is 2.48.